The zero-order valence-electron chi connectivity index (χ0n) is 5.21. The summed E-state index contributed by atoms with van der Waals surface area (Å²) in [6.07, 6.45) is 0. The van der Waals surface area contributed by atoms with Gasteiger partial charge in [-0.1, -0.05) is 0 Å². The zero-order valence-corrected chi connectivity index (χ0v) is 7.82. The van der Waals surface area contributed by atoms with Crippen LogP contribution in [0.1, 0.15) is 13.8 Å². The van der Waals surface area contributed by atoms with Crippen molar-refractivity contribution < 1.29 is 4.79 Å². The second kappa shape index (κ2) is 4.30. The van der Waals surface area contributed by atoms with E-state index in [0.717, 1.165) is 16.7 Å². The van der Waals surface area contributed by atoms with Crippen LogP contribution in [0.2, 0.25) is 0 Å². The monoisotopic (exact) mass is 180 g/mol. The standard InChI is InChI=1S/C5H8OS3/c1-3(7)5(8)9-4(2)6/h7-8H,1-2H3/b5-3+. The summed E-state index contributed by atoms with van der Waals surface area (Å²) in [6, 6.07) is 0. The Balaban J connectivity index is 3.92. The molecular formula is C5H8OS3. The van der Waals surface area contributed by atoms with Crippen LogP contribution in [-0.2, 0) is 4.79 Å². The lowest BCUT2D eigenvalue weighted by molar-refractivity contribution is -0.109. The van der Waals surface area contributed by atoms with E-state index in [0.29, 0.717) is 4.24 Å². The molecule has 0 heterocycles. The molecule has 0 spiro atoms. The van der Waals surface area contributed by atoms with Crippen molar-refractivity contribution in [2.24, 2.45) is 0 Å². The molecule has 0 bridgehead atoms. The molecule has 0 N–H and O–H groups in total. The number of thiol groups is 2. The molecule has 1 nitrogen and oxygen atoms in total. The number of hydrogen-bond acceptors (Lipinski definition) is 4. The van der Waals surface area contributed by atoms with Crippen molar-refractivity contribution in [1.82, 2.24) is 0 Å². The van der Waals surface area contributed by atoms with E-state index in [1.54, 1.807) is 6.92 Å². The Kier molecular flexibility index (Phi) is 4.52. The summed E-state index contributed by atoms with van der Waals surface area (Å²) < 4.78 is 0.672. The molecule has 0 radical (unpaired) electrons. The van der Waals surface area contributed by atoms with Crippen LogP contribution < -0.4 is 0 Å². The van der Waals surface area contributed by atoms with Crippen LogP contribution in [-0.4, -0.2) is 5.12 Å². The van der Waals surface area contributed by atoms with Gasteiger partial charge in [-0.2, -0.15) is 0 Å². The maximum Gasteiger partial charge on any atom is 0.191 e. The second-order valence-electron chi connectivity index (χ2n) is 1.48. The fourth-order valence-electron chi connectivity index (χ4n) is 0.210. The minimum absolute atomic E-state index is 0.0356. The van der Waals surface area contributed by atoms with Gasteiger partial charge in [0.15, 0.2) is 5.12 Å². The van der Waals surface area contributed by atoms with Crippen LogP contribution in [0.15, 0.2) is 9.14 Å². The van der Waals surface area contributed by atoms with Gasteiger partial charge in [0, 0.05) is 6.92 Å². The fraction of sp³-hybridized carbons (Fsp3) is 0.400. The van der Waals surface area contributed by atoms with E-state index in [1.165, 1.54) is 6.92 Å². The molecule has 0 fully saturated rings. The summed E-state index contributed by atoms with van der Waals surface area (Å²) >= 11 is 9.10. The average molecular weight is 180 g/mol. The third kappa shape index (κ3) is 4.93. The number of thioether (sulfide) groups is 1. The van der Waals surface area contributed by atoms with Crippen molar-refractivity contribution >= 4 is 42.1 Å². The van der Waals surface area contributed by atoms with Crippen molar-refractivity contribution in [2.45, 2.75) is 13.8 Å². The van der Waals surface area contributed by atoms with Gasteiger partial charge in [0.2, 0.25) is 0 Å². The normalized spacial score (nSPS) is 12.9. The largest absolute Gasteiger partial charge is 0.287 e. The first-order valence-corrected chi connectivity index (χ1v) is 4.02. The molecular weight excluding hydrogens is 172 g/mol. The maximum atomic E-state index is 10.4. The Morgan fingerprint density at radius 2 is 1.78 bits per heavy atom. The van der Waals surface area contributed by atoms with E-state index in [1.807, 2.05) is 0 Å². The maximum absolute atomic E-state index is 10.4. The summed E-state index contributed by atoms with van der Waals surface area (Å²) in [5.41, 5.74) is 0. The molecule has 52 valence electrons. The van der Waals surface area contributed by atoms with Gasteiger partial charge in [-0.05, 0) is 23.6 Å². The lowest BCUT2D eigenvalue weighted by atomic mass is 10.7. The van der Waals surface area contributed by atoms with Gasteiger partial charge in [0.1, 0.15) is 0 Å². The molecule has 0 rings (SSSR count). The van der Waals surface area contributed by atoms with E-state index in [2.05, 4.69) is 25.3 Å². The Morgan fingerprint density at radius 3 is 1.89 bits per heavy atom. The van der Waals surface area contributed by atoms with Crippen LogP contribution in [0, 0.1) is 0 Å². The molecule has 0 aliphatic heterocycles. The minimum atomic E-state index is 0.0356. The predicted molar refractivity (Wildman–Crippen MR) is 48.9 cm³/mol. The van der Waals surface area contributed by atoms with Crippen LogP contribution in [0.3, 0.4) is 0 Å². The highest BCUT2D eigenvalue weighted by Gasteiger charge is 1.97. The lowest BCUT2D eigenvalue weighted by Gasteiger charge is -1.95. The summed E-state index contributed by atoms with van der Waals surface area (Å²) in [6.45, 7) is 3.29. The third-order valence-corrected chi connectivity index (χ3v) is 2.50. The Bertz CT molecular complexity index is 146. The Hall–Kier alpha value is 0.460. The summed E-state index contributed by atoms with van der Waals surface area (Å²) in [4.78, 5) is 11.2. The van der Waals surface area contributed by atoms with E-state index in [-0.39, 0.29) is 5.12 Å². The molecule has 4 heteroatoms. The van der Waals surface area contributed by atoms with Crippen molar-refractivity contribution in [2.75, 3.05) is 0 Å². The van der Waals surface area contributed by atoms with Gasteiger partial charge in [-0.3, -0.25) is 4.79 Å². The highest BCUT2D eigenvalue weighted by atomic mass is 32.2. The minimum Gasteiger partial charge on any atom is -0.287 e. The molecule has 0 aromatic carbocycles. The van der Waals surface area contributed by atoms with Gasteiger partial charge < -0.3 is 0 Å². The van der Waals surface area contributed by atoms with Crippen LogP contribution in [0.5, 0.6) is 0 Å². The SMILES string of the molecule is CC(=O)S/C(S)=C(\C)S. The van der Waals surface area contributed by atoms with Crippen LogP contribution in [0.4, 0.5) is 0 Å². The molecule has 0 atom stereocenters. The van der Waals surface area contributed by atoms with E-state index in [9.17, 15) is 4.79 Å². The second-order valence-corrected chi connectivity index (χ2v) is 4.09. The predicted octanol–water partition coefficient (Wildman–Crippen LogP) is 2.31. The summed E-state index contributed by atoms with van der Waals surface area (Å²) in [7, 11) is 0. The van der Waals surface area contributed by atoms with Crippen LogP contribution in [0.25, 0.3) is 0 Å². The quantitative estimate of drug-likeness (QED) is 0.603. The molecule has 0 aliphatic rings. The zero-order chi connectivity index (χ0) is 7.44. The average Bonchev–Trinajstić information content (AvgIpc) is 1.63. The lowest BCUT2D eigenvalue weighted by Crippen LogP contribution is -1.78. The van der Waals surface area contributed by atoms with Gasteiger partial charge in [-0.25, -0.2) is 0 Å². The topological polar surface area (TPSA) is 17.1 Å². The van der Waals surface area contributed by atoms with Crippen molar-refractivity contribution in [3.63, 3.8) is 0 Å². The molecule has 0 saturated carbocycles. The van der Waals surface area contributed by atoms with Crippen molar-refractivity contribution in [3.8, 4) is 0 Å². The number of rotatable bonds is 1. The molecule has 0 aliphatic carbocycles. The molecule has 0 unspecified atom stereocenters. The van der Waals surface area contributed by atoms with Crippen LogP contribution >= 0.6 is 37.0 Å². The fourth-order valence-corrected chi connectivity index (χ4v) is 1.15. The molecule has 0 aromatic heterocycles. The van der Waals surface area contributed by atoms with E-state index in [4.69, 9.17) is 0 Å². The summed E-state index contributed by atoms with van der Waals surface area (Å²) in [5, 5.41) is 0.0356. The molecule has 0 aromatic rings. The number of carbonyl (C=O) groups excluding carboxylic acids is 1. The van der Waals surface area contributed by atoms with Crippen molar-refractivity contribution in [3.05, 3.63) is 9.14 Å². The number of allylic oxidation sites excluding steroid dienone is 1. The highest BCUT2D eigenvalue weighted by molar-refractivity contribution is 8.25. The molecule has 9 heavy (non-hydrogen) atoms. The Morgan fingerprint density at radius 1 is 1.33 bits per heavy atom. The molecule has 0 amide bonds. The van der Waals surface area contributed by atoms with E-state index >= 15 is 0 Å². The highest BCUT2D eigenvalue weighted by Crippen LogP contribution is 2.25. The number of carbonyl (C=O) groups is 1. The van der Waals surface area contributed by atoms with Crippen molar-refractivity contribution in [1.29, 1.82) is 0 Å². The summed E-state index contributed by atoms with van der Waals surface area (Å²) in [5.74, 6) is 0. The smallest absolute Gasteiger partial charge is 0.191 e. The first-order valence-electron chi connectivity index (χ1n) is 2.31. The van der Waals surface area contributed by atoms with E-state index < -0.39 is 0 Å². The first kappa shape index (κ1) is 9.46. The van der Waals surface area contributed by atoms with Gasteiger partial charge in [0.05, 0.1) is 4.24 Å². The first-order chi connectivity index (χ1) is 4.04. The number of hydrogen-bond donors (Lipinski definition) is 2. The third-order valence-electron chi connectivity index (χ3n) is 0.550. The van der Waals surface area contributed by atoms with Gasteiger partial charge in [-0.15, -0.1) is 25.3 Å². The van der Waals surface area contributed by atoms with Gasteiger partial charge in [0.25, 0.3) is 0 Å². The van der Waals surface area contributed by atoms with Gasteiger partial charge >= 0.3 is 0 Å². The molecule has 0 saturated heterocycles. The Labute approximate surface area is 70.1 Å².